The van der Waals surface area contributed by atoms with E-state index in [0.29, 0.717) is 22.7 Å². The lowest BCUT2D eigenvalue weighted by molar-refractivity contribution is -0.138. The van der Waals surface area contributed by atoms with Gasteiger partial charge in [0.1, 0.15) is 0 Å². The summed E-state index contributed by atoms with van der Waals surface area (Å²) in [6.07, 6.45) is 1.95. The second-order valence-corrected chi connectivity index (χ2v) is 5.35. The van der Waals surface area contributed by atoms with E-state index < -0.39 is 23.9 Å². The highest BCUT2D eigenvalue weighted by molar-refractivity contribution is 5.96. The maximum absolute atomic E-state index is 12.6. The number of hydrogen-bond donors (Lipinski definition) is 2. The third-order valence-electron chi connectivity index (χ3n) is 3.84. The van der Waals surface area contributed by atoms with E-state index in [0.717, 1.165) is 0 Å². The number of nitrogens with zero attached hydrogens (tertiary/aromatic N) is 1. The lowest BCUT2D eigenvalue weighted by Crippen LogP contribution is -2.35. The van der Waals surface area contributed by atoms with Gasteiger partial charge in [0, 0.05) is 29.6 Å². The summed E-state index contributed by atoms with van der Waals surface area (Å²) in [7, 11) is 1.50. The molecule has 2 atom stereocenters. The minimum Gasteiger partial charge on any atom is -0.493 e. The number of fused-ring (bicyclic) bond motifs is 1. The number of carbonyl (C=O) groups is 2. The van der Waals surface area contributed by atoms with Crippen LogP contribution in [-0.2, 0) is 9.59 Å². The molecule has 2 aromatic rings. The first kappa shape index (κ1) is 15.8. The first-order chi connectivity index (χ1) is 11.6. The fourth-order valence-electron chi connectivity index (χ4n) is 2.77. The summed E-state index contributed by atoms with van der Waals surface area (Å²) < 4.78 is 11.0. The van der Waals surface area contributed by atoms with E-state index in [-0.39, 0.29) is 6.42 Å². The monoisotopic (exact) mass is 328 g/mol. The predicted molar refractivity (Wildman–Crippen MR) is 85.3 cm³/mol. The van der Waals surface area contributed by atoms with E-state index in [9.17, 15) is 14.7 Å². The zero-order valence-electron chi connectivity index (χ0n) is 12.9. The quantitative estimate of drug-likeness (QED) is 0.872. The van der Waals surface area contributed by atoms with Crippen molar-refractivity contribution in [1.82, 2.24) is 4.98 Å². The first-order valence-electron chi connectivity index (χ1n) is 7.36. The molecule has 0 saturated heterocycles. The molecule has 24 heavy (non-hydrogen) atoms. The minimum absolute atomic E-state index is 0.214. The molecule has 3 rings (SSSR count). The highest BCUT2D eigenvalue weighted by Crippen LogP contribution is 2.45. The van der Waals surface area contributed by atoms with Gasteiger partial charge in [-0.3, -0.25) is 14.6 Å². The number of nitrogens with one attached hydrogen (secondary N) is 1. The molecular weight excluding hydrogens is 312 g/mol. The maximum atomic E-state index is 12.6. The number of anilines is 1. The highest BCUT2D eigenvalue weighted by Gasteiger charge is 2.42. The number of ether oxygens (including phenoxy) is 2. The number of carboxylic acids is 1. The molecule has 2 unspecified atom stereocenters. The van der Waals surface area contributed by atoms with Crippen LogP contribution in [0.1, 0.15) is 17.9 Å². The molecule has 1 aliphatic rings. The molecule has 1 aliphatic heterocycles. The van der Waals surface area contributed by atoms with Gasteiger partial charge in [0.2, 0.25) is 0 Å². The number of aromatic nitrogens is 1. The Bertz CT molecular complexity index is 763. The normalized spacial score (nSPS) is 18.4. The molecule has 2 heterocycles. The van der Waals surface area contributed by atoms with Crippen molar-refractivity contribution >= 4 is 17.6 Å². The number of hydrogen-bond acceptors (Lipinski definition) is 5. The van der Waals surface area contributed by atoms with Crippen molar-refractivity contribution in [3.8, 4) is 11.5 Å². The van der Waals surface area contributed by atoms with Crippen LogP contribution in [0.15, 0.2) is 42.7 Å². The SMILES string of the molecule is COc1cccc2c1OC(C(=O)Nc1ccncc1)C2CC(=O)O. The molecule has 0 radical (unpaired) electrons. The van der Waals surface area contributed by atoms with E-state index in [1.54, 1.807) is 42.7 Å². The number of benzene rings is 1. The molecule has 7 nitrogen and oxygen atoms in total. The Hall–Kier alpha value is -3.09. The topological polar surface area (TPSA) is 97.8 Å². The van der Waals surface area contributed by atoms with Gasteiger partial charge in [-0.2, -0.15) is 0 Å². The van der Waals surface area contributed by atoms with Crippen molar-refractivity contribution in [2.45, 2.75) is 18.4 Å². The fraction of sp³-hybridized carbons (Fsp3) is 0.235. The Morgan fingerprint density at radius 1 is 1.29 bits per heavy atom. The number of aliphatic carboxylic acids is 1. The number of rotatable bonds is 5. The maximum Gasteiger partial charge on any atom is 0.304 e. The number of carbonyl (C=O) groups excluding carboxylic acids is 1. The second-order valence-electron chi connectivity index (χ2n) is 5.35. The van der Waals surface area contributed by atoms with Gasteiger partial charge in [-0.1, -0.05) is 12.1 Å². The number of methoxy groups -OCH3 is 1. The number of amides is 1. The third-order valence-corrected chi connectivity index (χ3v) is 3.84. The van der Waals surface area contributed by atoms with Crippen LogP contribution in [0.5, 0.6) is 11.5 Å². The van der Waals surface area contributed by atoms with Crippen LogP contribution in [0.3, 0.4) is 0 Å². The summed E-state index contributed by atoms with van der Waals surface area (Å²) in [5.41, 5.74) is 1.22. The van der Waals surface area contributed by atoms with Crippen molar-refractivity contribution in [2.75, 3.05) is 12.4 Å². The predicted octanol–water partition coefficient (Wildman–Crippen LogP) is 2.05. The highest BCUT2D eigenvalue weighted by atomic mass is 16.5. The van der Waals surface area contributed by atoms with Crippen LogP contribution >= 0.6 is 0 Å². The van der Waals surface area contributed by atoms with E-state index >= 15 is 0 Å². The summed E-state index contributed by atoms with van der Waals surface area (Å²) in [5, 5.41) is 11.9. The van der Waals surface area contributed by atoms with E-state index in [1.807, 2.05) is 0 Å². The lowest BCUT2D eigenvalue weighted by Gasteiger charge is -2.17. The van der Waals surface area contributed by atoms with Crippen LogP contribution in [0.25, 0.3) is 0 Å². The third kappa shape index (κ3) is 3.01. The standard InChI is InChI=1S/C17H16N2O5/c1-23-13-4-2-3-11-12(9-14(20)21)16(24-15(11)13)17(22)19-10-5-7-18-8-6-10/h2-8,12,16H,9H2,1H3,(H,20,21)(H,18,19,22). The van der Waals surface area contributed by atoms with Gasteiger partial charge in [-0.15, -0.1) is 0 Å². The van der Waals surface area contributed by atoms with Crippen LogP contribution < -0.4 is 14.8 Å². The molecule has 0 saturated carbocycles. The summed E-state index contributed by atoms with van der Waals surface area (Å²) in [6, 6.07) is 8.50. The van der Waals surface area contributed by atoms with Crippen molar-refractivity contribution in [3.05, 3.63) is 48.3 Å². The molecule has 124 valence electrons. The number of para-hydroxylation sites is 1. The molecule has 7 heteroatoms. The molecule has 0 fully saturated rings. The fourth-order valence-corrected chi connectivity index (χ4v) is 2.77. The number of carboxylic acid groups (broad SMARTS) is 1. The van der Waals surface area contributed by atoms with Crippen molar-refractivity contribution in [3.63, 3.8) is 0 Å². The largest absolute Gasteiger partial charge is 0.493 e. The molecule has 2 N–H and O–H groups in total. The van der Waals surface area contributed by atoms with Crippen LogP contribution in [-0.4, -0.2) is 35.2 Å². The first-order valence-corrected chi connectivity index (χ1v) is 7.36. The van der Waals surface area contributed by atoms with Crippen molar-refractivity contribution in [2.24, 2.45) is 0 Å². The average Bonchev–Trinajstić information content (AvgIpc) is 2.94. The molecular formula is C17H16N2O5. The second kappa shape index (κ2) is 6.57. The Morgan fingerprint density at radius 3 is 2.71 bits per heavy atom. The minimum atomic E-state index is -0.999. The summed E-state index contributed by atoms with van der Waals surface area (Å²) in [5.74, 6) is -1.11. The molecule has 1 amide bonds. The molecule has 0 bridgehead atoms. The lowest BCUT2D eigenvalue weighted by atomic mass is 9.91. The van der Waals surface area contributed by atoms with Gasteiger partial charge in [0.25, 0.3) is 5.91 Å². The van der Waals surface area contributed by atoms with Gasteiger partial charge in [0.05, 0.1) is 13.5 Å². The van der Waals surface area contributed by atoms with E-state index in [1.165, 1.54) is 7.11 Å². The molecule has 1 aromatic carbocycles. The van der Waals surface area contributed by atoms with Crippen molar-refractivity contribution in [1.29, 1.82) is 0 Å². The van der Waals surface area contributed by atoms with Gasteiger partial charge in [-0.05, 0) is 18.2 Å². The van der Waals surface area contributed by atoms with Crippen LogP contribution in [0.2, 0.25) is 0 Å². The van der Waals surface area contributed by atoms with Gasteiger partial charge in [-0.25, -0.2) is 0 Å². The average molecular weight is 328 g/mol. The Balaban J connectivity index is 1.89. The Kier molecular flexibility index (Phi) is 4.33. The number of pyridine rings is 1. The zero-order valence-corrected chi connectivity index (χ0v) is 12.9. The Morgan fingerprint density at radius 2 is 2.04 bits per heavy atom. The zero-order chi connectivity index (χ0) is 17.1. The van der Waals surface area contributed by atoms with E-state index in [2.05, 4.69) is 10.3 Å². The van der Waals surface area contributed by atoms with Crippen LogP contribution in [0, 0.1) is 0 Å². The van der Waals surface area contributed by atoms with Crippen molar-refractivity contribution < 1.29 is 24.2 Å². The van der Waals surface area contributed by atoms with Gasteiger partial charge in [0.15, 0.2) is 17.6 Å². The molecule has 1 aromatic heterocycles. The summed E-state index contributed by atoms with van der Waals surface area (Å²) >= 11 is 0. The van der Waals surface area contributed by atoms with Crippen LogP contribution in [0.4, 0.5) is 5.69 Å². The molecule has 0 spiro atoms. The summed E-state index contributed by atoms with van der Waals surface area (Å²) in [6.45, 7) is 0. The van der Waals surface area contributed by atoms with Gasteiger partial charge >= 0.3 is 5.97 Å². The smallest absolute Gasteiger partial charge is 0.304 e. The van der Waals surface area contributed by atoms with E-state index in [4.69, 9.17) is 9.47 Å². The van der Waals surface area contributed by atoms with Gasteiger partial charge < -0.3 is 19.9 Å². The molecule has 0 aliphatic carbocycles. The Labute approximate surface area is 138 Å². The summed E-state index contributed by atoms with van der Waals surface area (Å²) in [4.78, 5) is 27.7.